The zero-order valence-corrected chi connectivity index (χ0v) is 22.4. The third-order valence-electron chi connectivity index (χ3n) is 7.26. The van der Waals surface area contributed by atoms with Gasteiger partial charge in [0.25, 0.3) is 5.91 Å². The van der Waals surface area contributed by atoms with E-state index in [9.17, 15) is 27.9 Å². The number of pyridine rings is 2. The number of rotatable bonds is 13. The molecule has 12 heteroatoms. The molecule has 1 saturated heterocycles. The van der Waals surface area contributed by atoms with Gasteiger partial charge in [-0.3, -0.25) is 9.78 Å². The predicted octanol–water partition coefficient (Wildman–Crippen LogP) is 3.93. The Morgan fingerprint density at radius 2 is 2.05 bits per heavy atom. The molecule has 1 fully saturated rings. The van der Waals surface area contributed by atoms with Crippen molar-refractivity contribution in [2.24, 2.45) is 0 Å². The maximum Gasteiger partial charge on any atom is 0.418 e. The minimum absolute atomic E-state index is 0.0278. The average Bonchev–Trinajstić information content (AvgIpc) is 3.45. The van der Waals surface area contributed by atoms with E-state index in [4.69, 9.17) is 9.72 Å². The minimum Gasteiger partial charge on any atom is -0.480 e. The van der Waals surface area contributed by atoms with Gasteiger partial charge in [-0.25, -0.2) is 9.78 Å². The number of hydrogen-bond acceptors (Lipinski definition) is 7. The zero-order valence-electron chi connectivity index (χ0n) is 22.4. The molecule has 218 valence electrons. The van der Waals surface area contributed by atoms with E-state index in [-0.39, 0.29) is 12.5 Å². The molecule has 2 atom stereocenters. The summed E-state index contributed by atoms with van der Waals surface area (Å²) in [6.45, 7) is 3.29. The third kappa shape index (κ3) is 8.37. The number of unbranched alkanes of at least 4 members (excludes halogenated alkanes) is 1. The average molecular weight is 564 g/mol. The van der Waals surface area contributed by atoms with Gasteiger partial charge in [0.1, 0.15) is 17.6 Å². The van der Waals surface area contributed by atoms with Crippen LogP contribution in [0.4, 0.5) is 19.0 Å². The van der Waals surface area contributed by atoms with E-state index >= 15 is 0 Å². The quantitative estimate of drug-likeness (QED) is 0.314. The Balaban J connectivity index is 1.32. The number of halogens is 3. The van der Waals surface area contributed by atoms with Crippen molar-refractivity contribution in [3.05, 3.63) is 53.0 Å². The van der Waals surface area contributed by atoms with Crippen LogP contribution in [0, 0.1) is 0 Å². The Hall–Kier alpha value is -3.25. The topological polar surface area (TPSA) is 117 Å². The lowest BCUT2D eigenvalue weighted by Crippen LogP contribution is -2.44. The second-order valence-electron chi connectivity index (χ2n) is 10.3. The number of carbonyl (C=O) groups excluding carboxylic acids is 1. The Morgan fingerprint density at radius 1 is 1.20 bits per heavy atom. The highest BCUT2D eigenvalue weighted by molar-refractivity contribution is 5.96. The molecule has 3 N–H and O–H groups in total. The Morgan fingerprint density at radius 3 is 2.80 bits per heavy atom. The summed E-state index contributed by atoms with van der Waals surface area (Å²) in [4.78, 5) is 34.9. The highest BCUT2D eigenvalue weighted by atomic mass is 19.4. The second kappa shape index (κ2) is 13.9. The summed E-state index contributed by atoms with van der Waals surface area (Å²) in [5.74, 6) is -1.52. The van der Waals surface area contributed by atoms with Gasteiger partial charge in [-0.15, -0.1) is 0 Å². The van der Waals surface area contributed by atoms with Gasteiger partial charge >= 0.3 is 12.1 Å². The highest BCUT2D eigenvalue weighted by Crippen LogP contribution is 2.31. The monoisotopic (exact) mass is 563 g/mol. The number of nitrogens with one attached hydrogen (secondary N) is 2. The van der Waals surface area contributed by atoms with E-state index in [1.807, 2.05) is 0 Å². The van der Waals surface area contributed by atoms with Crippen LogP contribution in [0.1, 0.15) is 65.8 Å². The standard InChI is InChI=1S/C28H36F3N5O4/c29-28(30,31)22-9-4-13-32-24(22)26(37)35-23(27(38)39)12-16-36(18-21-8-5-17-40-21)15-2-1-7-20-11-10-19-6-3-14-33-25(19)34-20/h4,9-11,13,21,23H,1-3,5-8,12,14-18H2,(H,33,34)(H,35,37)(H,38,39)/t21-,23?/m0/s1. The molecule has 0 spiro atoms. The number of carbonyl (C=O) groups is 2. The van der Waals surface area contributed by atoms with E-state index in [2.05, 4.69) is 32.7 Å². The van der Waals surface area contributed by atoms with Crippen molar-refractivity contribution in [3.63, 3.8) is 0 Å². The number of alkyl halides is 3. The van der Waals surface area contributed by atoms with E-state index in [0.29, 0.717) is 26.2 Å². The van der Waals surface area contributed by atoms with Crippen LogP contribution in [-0.4, -0.2) is 76.8 Å². The first-order chi connectivity index (χ1) is 19.2. The molecular formula is C28H36F3N5O4. The summed E-state index contributed by atoms with van der Waals surface area (Å²) < 4.78 is 45.7. The molecule has 2 aliphatic heterocycles. The fourth-order valence-electron chi connectivity index (χ4n) is 5.13. The molecule has 0 aliphatic carbocycles. The molecule has 1 amide bonds. The number of aliphatic carboxylic acids is 1. The third-order valence-corrected chi connectivity index (χ3v) is 7.26. The van der Waals surface area contributed by atoms with Crippen LogP contribution in [0.25, 0.3) is 0 Å². The minimum atomic E-state index is -4.79. The van der Waals surface area contributed by atoms with Crippen molar-refractivity contribution in [1.29, 1.82) is 0 Å². The van der Waals surface area contributed by atoms with E-state index < -0.39 is 35.4 Å². The molecule has 0 radical (unpaired) electrons. The lowest BCUT2D eigenvalue weighted by molar-refractivity contribution is -0.139. The number of carboxylic acids is 1. The van der Waals surface area contributed by atoms with Crippen molar-refractivity contribution in [1.82, 2.24) is 20.2 Å². The molecule has 0 aromatic carbocycles. The van der Waals surface area contributed by atoms with Crippen molar-refractivity contribution in [2.75, 3.05) is 38.1 Å². The molecule has 4 rings (SSSR count). The number of anilines is 1. The van der Waals surface area contributed by atoms with Crippen LogP contribution in [0.5, 0.6) is 0 Å². The number of hydrogen-bond donors (Lipinski definition) is 3. The van der Waals surface area contributed by atoms with Gasteiger partial charge in [0, 0.05) is 38.1 Å². The van der Waals surface area contributed by atoms with Crippen LogP contribution >= 0.6 is 0 Å². The second-order valence-corrected chi connectivity index (χ2v) is 10.3. The lowest BCUT2D eigenvalue weighted by Gasteiger charge is -2.27. The summed E-state index contributed by atoms with van der Waals surface area (Å²) in [7, 11) is 0. The van der Waals surface area contributed by atoms with Gasteiger partial charge in [0.05, 0.1) is 11.7 Å². The number of amides is 1. The number of aryl methyl sites for hydroxylation is 2. The number of fused-ring (bicyclic) bond motifs is 1. The molecule has 0 bridgehead atoms. The van der Waals surface area contributed by atoms with Crippen LogP contribution < -0.4 is 10.6 Å². The summed E-state index contributed by atoms with van der Waals surface area (Å²) >= 11 is 0. The predicted molar refractivity (Wildman–Crippen MR) is 142 cm³/mol. The van der Waals surface area contributed by atoms with Gasteiger partial charge in [-0.05, 0) is 81.7 Å². The van der Waals surface area contributed by atoms with Crippen LogP contribution in [0.2, 0.25) is 0 Å². The van der Waals surface area contributed by atoms with Gasteiger partial charge in [0.15, 0.2) is 0 Å². The molecule has 2 aromatic rings. The summed E-state index contributed by atoms with van der Waals surface area (Å²) in [5.41, 5.74) is 0.222. The first-order valence-electron chi connectivity index (χ1n) is 13.8. The van der Waals surface area contributed by atoms with Crippen molar-refractivity contribution >= 4 is 17.7 Å². The van der Waals surface area contributed by atoms with Crippen LogP contribution in [0.3, 0.4) is 0 Å². The maximum atomic E-state index is 13.3. The zero-order chi connectivity index (χ0) is 28.5. The van der Waals surface area contributed by atoms with Crippen molar-refractivity contribution in [3.8, 4) is 0 Å². The van der Waals surface area contributed by atoms with Crippen molar-refractivity contribution in [2.45, 2.75) is 69.7 Å². The largest absolute Gasteiger partial charge is 0.480 e. The van der Waals surface area contributed by atoms with Gasteiger partial charge < -0.3 is 25.4 Å². The molecule has 9 nitrogen and oxygen atoms in total. The maximum absolute atomic E-state index is 13.3. The normalized spacial score (nSPS) is 17.8. The van der Waals surface area contributed by atoms with Gasteiger partial charge in [0.2, 0.25) is 0 Å². The Labute approximate surface area is 231 Å². The van der Waals surface area contributed by atoms with E-state index in [1.165, 1.54) is 5.56 Å². The SMILES string of the molecule is O=C(NC(CCN(CCCCc1ccc2c(n1)NCCC2)C[C@@H]1CCCO1)C(=O)O)c1ncccc1C(F)(F)F. The molecule has 1 unspecified atom stereocenters. The number of aromatic nitrogens is 2. The molecule has 0 saturated carbocycles. The Kier molecular flexibility index (Phi) is 10.3. The lowest BCUT2D eigenvalue weighted by atomic mass is 10.1. The molecule has 2 aromatic heterocycles. The summed E-state index contributed by atoms with van der Waals surface area (Å²) in [5, 5.41) is 15.3. The van der Waals surface area contributed by atoms with E-state index in [0.717, 1.165) is 81.3 Å². The van der Waals surface area contributed by atoms with Gasteiger partial charge in [-0.2, -0.15) is 13.2 Å². The molecule has 40 heavy (non-hydrogen) atoms. The fraction of sp³-hybridized carbons (Fsp3) is 0.571. The fourth-order valence-corrected chi connectivity index (χ4v) is 5.13. The number of carboxylic acid groups (broad SMARTS) is 1. The highest BCUT2D eigenvalue weighted by Gasteiger charge is 2.36. The first-order valence-corrected chi connectivity index (χ1v) is 13.8. The van der Waals surface area contributed by atoms with Crippen LogP contribution in [0.15, 0.2) is 30.5 Å². The van der Waals surface area contributed by atoms with Crippen LogP contribution in [-0.2, 0) is 28.5 Å². The smallest absolute Gasteiger partial charge is 0.418 e. The molecule has 2 aliphatic rings. The summed E-state index contributed by atoms with van der Waals surface area (Å²) in [6, 6.07) is 4.67. The molecular weight excluding hydrogens is 527 g/mol. The van der Waals surface area contributed by atoms with E-state index in [1.54, 1.807) is 0 Å². The Bertz CT molecular complexity index is 1160. The first kappa shape index (κ1) is 29.7. The number of ether oxygens (including phenoxy) is 1. The number of nitrogens with zero attached hydrogens (tertiary/aromatic N) is 3. The van der Waals surface area contributed by atoms with Gasteiger partial charge in [-0.1, -0.05) is 6.07 Å². The molecule has 4 heterocycles. The van der Waals surface area contributed by atoms with Crippen molar-refractivity contribution < 1.29 is 32.6 Å². The summed E-state index contributed by atoms with van der Waals surface area (Å²) in [6.07, 6.45) is 2.96.